The summed E-state index contributed by atoms with van der Waals surface area (Å²) in [6.07, 6.45) is 3.31. The van der Waals surface area contributed by atoms with Crippen LogP contribution in [0.3, 0.4) is 0 Å². The molecule has 1 aliphatic heterocycles. The van der Waals surface area contributed by atoms with Crippen molar-refractivity contribution in [2.75, 3.05) is 41.7 Å². The average Bonchev–Trinajstić information content (AvgIpc) is 3.34. The van der Waals surface area contributed by atoms with E-state index in [4.69, 9.17) is 4.74 Å². The minimum atomic E-state index is -3.85. The number of sulfonamides is 1. The first kappa shape index (κ1) is 25.8. The number of morpholine rings is 1. The zero-order valence-electron chi connectivity index (χ0n) is 20.6. The van der Waals surface area contributed by atoms with Crippen molar-refractivity contribution in [3.63, 3.8) is 0 Å². The van der Waals surface area contributed by atoms with E-state index in [1.165, 1.54) is 6.20 Å². The van der Waals surface area contributed by atoms with Crippen LogP contribution in [0.5, 0.6) is 0 Å². The van der Waals surface area contributed by atoms with E-state index in [1.54, 1.807) is 19.2 Å². The van der Waals surface area contributed by atoms with Crippen LogP contribution in [0.25, 0.3) is 22.2 Å². The second-order valence-corrected chi connectivity index (χ2v) is 10.8. The topological polar surface area (TPSA) is 104 Å². The molecular weight excluding hydrogens is 514 g/mol. The van der Waals surface area contributed by atoms with Crippen LogP contribution >= 0.6 is 0 Å². The third kappa shape index (κ3) is 5.11. The van der Waals surface area contributed by atoms with Crippen LogP contribution in [0.1, 0.15) is 29.3 Å². The number of nitrogens with one attached hydrogen (secondary N) is 2. The Kier molecular flexibility index (Phi) is 7.13. The van der Waals surface area contributed by atoms with Gasteiger partial charge in [-0.3, -0.25) is 9.52 Å². The Morgan fingerprint density at radius 3 is 2.55 bits per heavy atom. The molecule has 2 N–H and O–H groups in total. The van der Waals surface area contributed by atoms with Crippen molar-refractivity contribution in [3.8, 4) is 11.1 Å². The van der Waals surface area contributed by atoms with Gasteiger partial charge in [-0.2, -0.15) is 0 Å². The summed E-state index contributed by atoms with van der Waals surface area (Å²) in [7, 11) is -3.85. The van der Waals surface area contributed by atoms with Crippen LogP contribution in [-0.2, 0) is 14.8 Å². The lowest BCUT2D eigenvalue weighted by molar-refractivity contribution is 0.103. The molecule has 0 bridgehead atoms. The number of pyridine rings is 1. The molecule has 8 nitrogen and oxygen atoms in total. The molecule has 0 amide bonds. The van der Waals surface area contributed by atoms with Crippen molar-refractivity contribution in [1.82, 2.24) is 9.97 Å². The van der Waals surface area contributed by atoms with Gasteiger partial charge in [0.25, 0.3) is 0 Å². The van der Waals surface area contributed by atoms with Crippen molar-refractivity contribution in [1.29, 1.82) is 0 Å². The van der Waals surface area contributed by atoms with Crippen molar-refractivity contribution >= 4 is 38.2 Å². The van der Waals surface area contributed by atoms with E-state index in [9.17, 15) is 17.6 Å². The molecule has 2 aromatic carbocycles. The smallest absolute Gasteiger partial charge is 0.232 e. The molecule has 0 saturated carbocycles. The zero-order valence-corrected chi connectivity index (χ0v) is 21.4. The number of ether oxygens (including phenoxy) is 1. The molecule has 1 fully saturated rings. The fourth-order valence-electron chi connectivity index (χ4n) is 4.50. The second kappa shape index (κ2) is 10.5. The number of aromatic amines is 1. The minimum absolute atomic E-state index is 0.0191. The van der Waals surface area contributed by atoms with Crippen molar-refractivity contribution in [2.24, 2.45) is 0 Å². The van der Waals surface area contributed by atoms with Gasteiger partial charge >= 0.3 is 0 Å². The molecule has 3 heterocycles. The first-order valence-corrected chi connectivity index (χ1v) is 13.9. The molecule has 0 aliphatic carbocycles. The molecule has 5 rings (SSSR count). The number of carbonyl (C=O) groups is 1. The van der Waals surface area contributed by atoms with Crippen molar-refractivity contribution in [2.45, 2.75) is 13.3 Å². The SMILES string of the molecule is CCCS(=O)(=O)Nc1ccc(F)c(C(=O)c2c[nH]c3ncc(-c4ccc(N5CCOCC5)cc4)cc23)c1F. The number of rotatable bonds is 8. The van der Waals surface area contributed by atoms with Gasteiger partial charge in [0.1, 0.15) is 11.5 Å². The maximum Gasteiger partial charge on any atom is 0.232 e. The number of carbonyl (C=O) groups excluding carboxylic acids is 1. The number of halogens is 2. The maximum absolute atomic E-state index is 15.3. The highest BCUT2D eigenvalue weighted by atomic mass is 32.2. The number of anilines is 2. The third-order valence-electron chi connectivity index (χ3n) is 6.41. The van der Waals surface area contributed by atoms with Gasteiger partial charge in [0.15, 0.2) is 5.82 Å². The fraction of sp³-hybridized carbons (Fsp3) is 0.259. The van der Waals surface area contributed by atoms with Crippen LogP contribution in [-0.4, -0.2) is 56.2 Å². The third-order valence-corrected chi connectivity index (χ3v) is 7.89. The van der Waals surface area contributed by atoms with Crippen LogP contribution < -0.4 is 9.62 Å². The summed E-state index contributed by atoms with van der Waals surface area (Å²) in [5, 5.41) is 0.389. The first-order chi connectivity index (χ1) is 18.3. The summed E-state index contributed by atoms with van der Waals surface area (Å²) in [5.41, 5.74) is 1.73. The number of nitrogens with zero attached hydrogens (tertiary/aromatic N) is 2. The van der Waals surface area contributed by atoms with E-state index in [1.807, 2.05) is 24.3 Å². The van der Waals surface area contributed by atoms with Gasteiger partial charge in [-0.25, -0.2) is 22.2 Å². The molecule has 4 aromatic rings. The highest BCUT2D eigenvalue weighted by molar-refractivity contribution is 7.92. The molecule has 1 aliphatic rings. The first-order valence-electron chi connectivity index (χ1n) is 12.2. The Balaban J connectivity index is 1.48. The molecule has 2 aromatic heterocycles. The Morgan fingerprint density at radius 1 is 1.11 bits per heavy atom. The number of ketones is 1. The summed E-state index contributed by atoms with van der Waals surface area (Å²) < 4.78 is 61.7. The van der Waals surface area contributed by atoms with E-state index < -0.39 is 38.7 Å². The number of aromatic nitrogens is 2. The standard InChI is InChI=1S/C27H26F2N4O4S/c1-2-13-38(35,36)32-23-8-7-22(28)24(25(23)29)26(34)21-16-31-27-20(21)14-18(15-30-27)17-3-5-19(6-4-17)33-9-11-37-12-10-33/h3-8,14-16,32H,2,9-13H2,1H3,(H,30,31). The molecular formula is C27H26F2N4O4S. The van der Waals surface area contributed by atoms with Crippen LogP contribution in [0.4, 0.5) is 20.2 Å². The number of hydrogen-bond donors (Lipinski definition) is 2. The normalized spacial score (nSPS) is 14.1. The van der Waals surface area contributed by atoms with E-state index in [0.29, 0.717) is 30.7 Å². The minimum Gasteiger partial charge on any atom is -0.378 e. The van der Waals surface area contributed by atoms with E-state index >= 15 is 4.39 Å². The van der Waals surface area contributed by atoms with Crippen LogP contribution in [0, 0.1) is 11.6 Å². The molecule has 38 heavy (non-hydrogen) atoms. The van der Waals surface area contributed by atoms with Crippen molar-refractivity contribution < 1.29 is 26.7 Å². The summed E-state index contributed by atoms with van der Waals surface area (Å²) >= 11 is 0. The second-order valence-electron chi connectivity index (χ2n) is 9.00. The molecule has 0 spiro atoms. The Hall–Kier alpha value is -3.83. The van der Waals surface area contributed by atoms with Gasteiger partial charge in [0, 0.05) is 47.7 Å². The molecule has 0 atom stereocenters. The summed E-state index contributed by atoms with van der Waals surface area (Å²) in [5.74, 6) is -3.53. The quantitative estimate of drug-likeness (QED) is 0.313. The number of H-pyrrole nitrogens is 1. The number of fused-ring (bicyclic) bond motifs is 1. The van der Waals surface area contributed by atoms with Crippen molar-refractivity contribution in [3.05, 3.63) is 77.6 Å². The van der Waals surface area contributed by atoms with Crippen LogP contribution in [0.2, 0.25) is 0 Å². The zero-order chi connectivity index (χ0) is 26.9. The van der Waals surface area contributed by atoms with E-state index in [2.05, 4.69) is 19.6 Å². The molecule has 1 saturated heterocycles. The maximum atomic E-state index is 15.3. The molecule has 198 valence electrons. The van der Waals surface area contributed by atoms with E-state index in [0.717, 1.165) is 42.0 Å². The summed E-state index contributed by atoms with van der Waals surface area (Å²) in [6.45, 7) is 4.65. The predicted octanol–water partition coefficient (Wildman–Crippen LogP) is 4.73. The Morgan fingerprint density at radius 2 is 1.84 bits per heavy atom. The average molecular weight is 541 g/mol. The Labute approximate surface area is 218 Å². The van der Waals surface area contributed by atoms with Gasteiger partial charge in [-0.1, -0.05) is 19.1 Å². The lowest BCUT2D eigenvalue weighted by Gasteiger charge is -2.28. The lowest BCUT2D eigenvalue weighted by Crippen LogP contribution is -2.36. The monoisotopic (exact) mass is 540 g/mol. The molecule has 0 radical (unpaired) electrons. The van der Waals surface area contributed by atoms with E-state index in [-0.39, 0.29) is 11.3 Å². The highest BCUT2D eigenvalue weighted by Gasteiger charge is 2.26. The lowest BCUT2D eigenvalue weighted by atomic mass is 9.99. The van der Waals surface area contributed by atoms with Gasteiger partial charge in [0.2, 0.25) is 15.8 Å². The summed E-state index contributed by atoms with van der Waals surface area (Å²) in [6, 6.07) is 11.5. The van der Waals surface area contributed by atoms with Gasteiger partial charge < -0.3 is 14.6 Å². The van der Waals surface area contributed by atoms with Gasteiger partial charge in [-0.05, 0) is 42.3 Å². The Bertz CT molecular complexity index is 1600. The van der Waals surface area contributed by atoms with Crippen LogP contribution in [0.15, 0.2) is 54.9 Å². The molecule has 0 unspecified atom stereocenters. The highest BCUT2D eigenvalue weighted by Crippen LogP contribution is 2.30. The largest absolute Gasteiger partial charge is 0.378 e. The van der Waals surface area contributed by atoms with Gasteiger partial charge in [0.05, 0.1) is 30.2 Å². The number of benzene rings is 2. The number of hydrogen-bond acceptors (Lipinski definition) is 6. The van der Waals surface area contributed by atoms with Gasteiger partial charge in [-0.15, -0.1) is 0 Å². The fourth-order valence-corrected chi connectivity index (χ4v) is 5.63. The molecule has 11 heteroatoms. The predicted molar refractivity (Wildman–Crippen MR) is 142 cm³/mol. The summed E-state index contributed by atoms with van der Waals surface area (Å²) in [4.78, 5) is 22.8.